The maximum atomic E-state index is 12.8. The van der Waals surface area contributed by atoms with Crippen molar-refractivity contribution < 1.29 is 18.1 Å². The van der Waals surface area contributed by atoms with Gasteiger partial charge in [0.1, 0.15) is 5.69 Å². The number of halogens is 2. The van der Waals surface area contributed by atoms with Gasteiger partial charge in [0.15, 0.2) is 0 Å². The van der Waals surface area contributed by atoms with Gasteiger partial charge >= 0.3 is 7.12 Å². The van der Waals surface area contributed by atoms with Crippen LogP contribution in [0.4, 0.5) is 14.7 Å². The number of alkyl halides is 2. The molecule has 3 heterocycles. The fourth-order valence-electron chi connectivity index (χ4n) is 3.09. The Morgan fingerprint density at radius 1 is 1.17 bits per heavy atom. The van der Waals surface area contributed by atoms with Crippen molar-refractivity contribution in [2.45, 2.75) is 64.0 Å². The molecule has 5 nitrogen and oxygen atoms in total. The van der Waals surface area contributed by atoms with Crippen molar-refractivity contribution >= 4 is 13.1 Å². The van der Waals surface area contributed by atoms with E-state index in [-0.39, 0.29) is 24.0 Å². The summed E-state index contributed by atoms with van der Waals surface area (Å²) in [5.41, 5.74) is -0.888. The minimum Gasteiger partial charge on any atom is -0.403 e. The van der Waals surface area contributed by atoms with Crippen LogP contribution in [0.5, 0.6) is 0 Å². The Labute approximate surface area is 141 Å². The Morgan fingerprint density at radius 3 is 2.29 bits per heavy atom. The number of nitrogens with zero attached hydrogens (tertiary/aromatic N) is 3. The Hall–Kier alpha value is -1.28. The molecular formula is C16H24BF2N3O2. The number of aromatic nitrogens is 2. The Morgan fingerprint density at radius 2 is 1.75 bits per heavy atom. The molecule has 1 aromatic rings. The van der Waals surface area contributed by atoms with Gasteiger partial charge in [-0.1, -0.05) is 0 Å². The quantitative estimate of drug-likeness (QED) is 0.789. The van der Waals surface area contributed by atoms with Gasteiger partial charge in [0.25, 0.3) is 6.43 Å². The molecular weight excluding hydrogens is 315 g/mol. The molecule has 0 atom stereocenters. The molecule has 0 amide bonds. The van der Waals surface area contributed by atoms with Crippen molar-refractivity contribution in [2.75, 3.05) is 18.0 Å². The molecule has 2 aliphatic rings. The molecule has 1 aromatic heterocycles. The van der Waals surface area contributed by atoms with E-state index in [9.17, 15) is 8.78 Å². The summed E-state index contributed by atoms with van der Waals surface area (Å²) < 4.78 is 37.8. The Kier molecular flexibility index (Phi) is 4.55. The largest absolute Gasteiger partial charge is 0.461 e. The van der Waals surface area contributed by atoms with Crippen LogP contribution in [-0.2, 0) is 9.31 Å². The first-order chi connectivity index (χ1) is 11.2. The second kappa shape index (κ2) is 6.22. The number of hydrogen-bond donors (Lipinski definition) is 0. The van der Waals surface area contributed by atoms with Crippen LogP contribution < -0.4 is 4.90 Å². The normalized spacial score (nSPS) is 24.0. The van der Waals surface area contributed by atoms with E-state index in [0.717, 1.165) is 12.8 Å². The number of rotatable bonds is 3. The SMILES string of the molecule is CC1(C)OB(C2CCN(c3nccc(C(F)F)n3)CC2)OC1(C)C. The lowest BCUT2D eigenvalue weighted by molar-refractivity contribution is 0.00578. The molecule has 24 heavy (non-hydrogen) atoms. The molecule has 0 N–H and O–H groups in total. The molecule has 0 radical (unpaired) electrons. The van der Waals surface area contributed by atoms with Crippen LogP contribution in [0.2, 0.25) is 5.82 Å². The van der Waals surface area contributed by atoms with Gasteiger partial charge in [0.05, 0.1) is 11.2 Å². The minimum atomic E-state index is -2.57. The van der Waals surface area contributed by atoms with Crippen LogP contribution in [0, 0.1) is 0 Å². The summed E-state index contributed by atoms with van der Waals surface area (Å²) in [5, 5.41) is 0. The lowest BCUT2D eigenvalue weighted by Crippen LogP contribution is -2.41. The molecule has 2 aliphatic heterocycles. The molecule has 0 aromatic carbocycles. The zero-order valence-corrected chi connectivity index (χ0v) is 14.6. The van der Waals surface area contributed by atoms with Crippen LogP contribution >= 0.6 is 0 Å². The zero-order valence-electron chi connectivity index (χ0n) is 14.6. The summed E-state index contributed by atoms with van der Waals surface area (Å²) in [4.78, 5) is 10.1. The van der Waals surface area contributed by atoms with Crippen LogP contribution in [0.15, 0.2) is 12.3 Å². The van der Waals surface area contributed by atoms with Gasteiger partial charge in [0.2, 0.25) is 5.95 Å². The maximum absolute atomic E-state index is 12.8. The van der Waals surface area contributed by atoms with Crippen molar-refractivity contribution in [2.24, 2.45) is 0 Å². The van der Waals surface area contributed by atoms with Gasteiger partial charge in [0, 0.05) is 19.3 Å². The Balaban J connectivity index is 1.62. The molecule has 3 rings (SSSR count). The molecule has 0 spiro atoms. The van der Waals surface area contributed by atoms with E-state index in [1.54, 1.807) is 0 Å². The van der Waals surface area contributed by atoms with E-state index in [1.165, 1.54) is 12.3 Å². The molecule has 0 unspecified atom stereocenters. The monoisotopic (exact) mass is 339 g/mol. The van der Waals surface area contributed by atoms with Crippen LogP contribution in [0.25, 0.3) is 0 Å². The fraction of sp³-hybridized carbons (Fsp3) is 0.750. The van der Waals surface area contributed by atoms with Gasteiger partial charge in [-0.3, -0.25) is 0 Å². The topological polar surface area (TPSA) is 47.5 Å². The van der Waals surface area contributed by atoms with E-state index in [4.69, 9.17) is 9.31 Å². The summed E-state index contributed by atoms with van der Waals surface area (Å²) in [7, 11) is -0.217. The van der Waals surface area contributed by atoms with Crippen molar-refractivity contribution in [3.8, 4) is 0 Å². The van der Waals surface area contributed by atoms with Gasteiger partial charge in [-0.2, -0.15) is 0 Å². The number of piperidine rings is 1. The summed E-state index contributed by atoms with van der Waals surface area (Å²) in [5.74, 6) is 0.667. The third-order valence-corrected chi connectivity index (χ3v) is 5.37. The molecule has 2 fully saturated rings. The lowest BCUT2D eigenvalue weighted by atomic mass is 9.67. The number of hydrogen-bond acceptors (Lipinski definition) is 5. The number of anilines is 1. The smallest absolute Gasteiger partial charge is 0.403 e. The van der Waals surface area contributed by atoms with E-state index in [2.05, 4.69) is 9.97 Å². The predicted octanol–water partition coefficient (Wildman–Crippen LogP) is 3.48. The average molecular weight is 339 g/mol. The van der Waals surface area contributed by atoms with Gasteiger partial charge in [-0.15, -0.1) is 0 Å². The molecule has 0 bridgehead atoms. The summed E-state index contributed by atoms with van der Waals surface area (Å²) in [6, 6.07) is 1.26. The van der Waals surface area contributed by atoms with Gasteiger partial charge in [-0.05, 0) is 52.4 Å². The van der Waals surface area contributed by atoms with E-state index >= 15 is 0 Å². The van der Waals surface area contributed by atoms with Crippen LogP contribution in [0.1, 0.15) is 52.7 Å². The molecule has 8 heteroatoms. The van der Waals surface area contributed by atoms with Crippen molar-refractivity contribution in [1.82, 2.24) is 9.97 Å². The third kappa shape index (κ3) is 3.26. The summed E-state index contributed by atoms with van der Waals surface area (Å²) >= 11 is 0. The highest BCUT2D eigenvalue weighted by Crippen LogP contribution is 2.42. The van der Waals surface area contributed by atoms with Crippen molar-refractivity contribution in [3.05, 3.63) is 18.0 Å². The van der Waals surface area contributed by atoms with Crippen molar-refractivity contribution in [1.29, 1.82) is 0 Å². The van der Waals surface area contributed by atoms with Crippen LogP contribution in [-0.4, -0.2) is 41.4 Å². The van der Waals surface area contributed by atoms with E-state index < -0.39 is 6.43 Å². The molecule has 2 saturated heterocycles. The zero-order chi connectivity index (χ0) is 17.5. The predicted molar refractivity (Wildman–Crippen MR) is 88.3 cm³/mol. The lowest BCUT2D eigenvalue weighted by Gasteiger charge is -2.32. The average Bonchev–Trinajstić information content (AvgIpc) is 2.76. The van der Waals surface area contributed by atoms with E-state index in [1.807, 2.05) is 32.6 Å². The first kappa shape index (κ1) is 17.5. The molecule has 132 valence electrons. The van der Waals surface area contributed by atoms with Crippen molar-refractivity contribution in [3.63, 3.8) is 0 Å². The van der Waals surface area contributed by atoms with Gasteiger partial charge < -0.3 is 14.2 Å². The highest BCUT2D eigenvalue weighted by molar-refractivity contribution is 6.47. The van der Waals surface area contributed by atoms with Crippen LogP contribution in [0.3, 0.4) is 0 Å². The maximum Gasteiger partial charge on any atom is 0.461 e. The summed E-state index contributed by atoms with van der Waals surface area (Å²) in [6.45, 7) is 9.61. The standard InChI is InChI=1S/C16H24BF2N3O2/c1-15(2)16(3,4)24-17(23-15)11-6-9-22(10-7-11)14-20-8-5-12(21-14)13(18)19/h5,8,11,13H,6-7,9-10H2,1-4H3. The second-order valence-corrected chi connectivity index (χ2v) is 7.53. The first-order valence-electron chi connectivity index (χ1n) is 8.41. The van der Waals surface area contributed by atoms with Gasteiger partial charge in [-0.25, -0.2) is 18.7 Å². The fourth-order valence-corrected chi connectivity index (χ4v) is 3.09. The minimum absolute atomic E-state index is 0.217. The third-order valence-electron chi connectivity index (χ3n) is 5.37. The molecule has 0 aliphatic carbocycles. The molecule has 0 saturated carbocycles. The second-order valence-electron chi connectivity index (χ2n) is 7.53. The highest BCUT2D eigenvalue weighted by Gasteiger charge is 2.53. The Bertz CT molecular complexity index is 576. The van der Waals surface area contributed by atoms with E-state index in [0.29, 0.717) is 24.9 Å². The summed E-state index contributed by atoms with van der Waals surface area (Å²) in [6.07, 6.45) is 0.538. The first-order valence-corrected chi connectivity index (χ1v) is 8.41. The highest BCUT2D eigenvalue weighted by atomic mass is 19.3.